The predicted octanol–water partition coefficient (Wildman–Crippen LogP) is 4.40. The summed E-state index contributed by atoms with van der Waals surface area (Å²) in [5.74, 6) is 0.566. The number of nitrogens with zero attached hydrogens (tertiary/aromatic N) is 3. The molecule has 3 aromatic rings. The lowest BCUT2D eigenvalue weighted by atomic mass is 10.1. The van der Waals surface area contributed by atoms with Gasteiger partial charge in [-0.2, -0.15) is 5.10 Å². The SMILES string of the molecule is C/C(=N/N=C1c2ccccc2-c2ccccc21)c1ccc(OCC(=O)N(C)C)cc1. The second-order valence-electron chi connectivity index (χ2n) is 7.33. The number of likely N-dealkylation sites (N-methyl/N-ethyl adjacent to an activating group) is 1. The highest BCUT2D eigenvalue weighted by Crippen LogP contribution is 2.36. The van der Waals surface area contributed by atoms with Gasteiger partial charge in [-0.15, -0.1) is 5.10 Å². The van der Waals surface area contributed by atoms with Crippen molar-refractivity contribution in [3.8, 4) is 16.9 Å². The topological polar surface area (TPSA) is 54.3 Å². The van der Waals surface area contributed by atoms with E-state index in [9.17, 15) is 4.79 Å². The highest BCUT2D eigenvalue weighted by atomic mass is 16.5. The second-order valence-corrected chi connectivity index (χ2v) is 7.33. The summed E-state index contributed by atoms with van der Waals surface area (Å²) in [5.41, 5.74) is 7.23. The number of fused-ring (bicyclic) bond motifs is 3. The van der Waals surface area contributed by atoms with Gasteiger partial charge in [0.25, 0.3) is 5.91 Å². The molecule has 0 aliphatic heterocycles. The van der Waals surface area contributed by atoms with E-state index in [0.717, 1.165) is 28.1 Å². The molecule has 0 unspecified atom stereocenters. The van der Waals surface area contributed by atoms with Gasteiger partial charge in [0.05, 0.1) is 5.71 Å². The van der Waals surface area contributed by atoms with Crippen molar-refractivity contribution in [2.24, 2.45) is 10.2 Å². The summed E-state index contributed by atoms with van der Waals surface area (Å²) in [5, 5.41) is 9.11. The van der Waals surface area contributed by atoms with Crippen LogP contribution in [-0.2, 0) is 4.79 Å². The number of amides is 1. The number of hydrogen-bond acceptors (Lipinski definition) is 4. The Balaban J connectivity index is 1.56. The Morgan fingerprint density at radius 3 is 1.90 bits per heavy atom. The van der Waals surface area contributed by atoms with Crippen molar-refractivity contribution in [3.05, 3.63) is 89.5 Å². The Bertz CT molecular complexity index is 1100. The molecule has 0 saturated carbocycles. The third-order valence-electron chi connectivity index (χ3n) is 5.09. The largest absolute Gasteiger partial charge is 0.484 e. The molecule has 0 heterocycles. The first kappa shape index (κ1) is 19.6. The Labute approximate surface area is 176 Å². The summed E-state index contributed by atoms with van der Waals surface area (Å²) in [6, 6.07) is 24.1. The number of benzene rings is 3. The van der Waals surface area contributed by atoms with Crippen LogP contribution < -0.4 is 4.74 Å². The quantitative estimate of drug-likeness (QED) is 0.370. The number of hydrogen-bond donors (Lipinski definition) is 0. The maximum absolute atomic E-state index is 11.6. The van der Waals surface area contributed by atoms with Gasteiger partial charge in [0.2, 0.25) is 0 Å². The number of carbonyl (C=O) groups is 1. The Hall–Kier alpha value is -3.73. The van der Waals surface area contributed by atoms with Crippen LogP contribution in [0.5, 0.6) is 5.75 Å². The zero-order valence-electron chi connectivity index (χ0n) is 17.3. The maximum atomic E-state index is 11.6. The summed E-state index contributed by atoms with van der Waals surface area (Å²) in [6.07, 6.45) is 0. The van der Waals surface area contributed by atoms with E-state index in [-0.39, 0.29) is 12.5 Å². The predicted molar refractivity (Wildman–Crippen MR) is 120 cm³/mol. The molecule has 5 nitrogen and oxygen atoms in total. The van der Waals surface area contributed by atoms with E-state index in [1.807, 2.05) is 55.5 Å². The van der Waals surface area contributed by atoms with Crippen LogP contribution in [0.4, 0.5) is 0 Å². The Kier molecular flexibility index (Phi) is 5.44. The van der Waals surface area contributed by atoms with E-state index in [0.29, 0.717) is 5.75 Å². The summed E-state index contributed by atoms with van der Waals surface area (Å²) in [4.78, 5) is 13.1. The van der Waals surface area contributed by atoms with Gasteiger partial charge in [-0.05, 0) is 47.9 Å². The minimum Gasteiger partial charge on any atom is -0.484 e. The molecule has 0 radical (unpaired) electrons. The van der Waals surface area contributed by atoms with Crippen LogP contribution in [0.2, 0.25) is 0 Å². The molecule has 1 aliphatic rings. The van der Waals surface area contributed by atoms with Crippen molar-refractivity contribution in [3.63, 3.8) is 0 Å². The molecule has 3 aromatic carbocycles. The average Bonchev–Trinajstić information content (AvgIpc) is 3.10. The average molecular weight is 397 g/mol. The zero-order valence-corrected chi connectivity index (χ0v) is 17.3. The lowest BCUT2D eigenvalue weighted by Crippen LogP contribution is -2.27. The minimum absolute atomic E-state index is 0.0197. The maximum Gasteiger partial charge on any atom is 0.259 e. The molecule has 1 amide bonds. The van der Waals surface area contributed by atoms with Crippen LogP contribution >= 0.6 is 0 Å². The van der Waals surface area contributed by atoms with Crippen LogP contribution in [0, 0.1) is 0 Å². The van der Waals surface area contributed by atoms with Crippen LogP contribution in [0.15, 0.2) is 83.0 Å². The monoisotopic (exact) mass is 397 g/mol. The molecule has 0 atom stereocenters. The fourth-order valence-corrected chi connectivity index (χ4v) is 3.35. The van der Waals surface area contributed by atoms with Crippen molar-refractivity contribution < 1.29 is 9.53 Å². The first-order valence-corrected chi connectivity index (χ1v) is 9.79. The van der Waals surface area contributed by atoms with Gasteiger partial charge in [0.15, 0.2) is 6.61 Å². The summed E-state index contributed by atoms with van der Waals surface area (Å²) < 4.78 is 5.52. The van der Waals surface area contributed by atoms with Gasteiger partial charge in [-0.1, -0.05) is 48.5 Å². The summed E-state index contributed by atoms with van der Waals surface area (Å²) >= 11 is 0. The lowest BCUT2D eigenvalue weighted by molar-refractivity contribution is -0.130. The fraction of sp³-hybridized carbons (Fsp3) is 0.160. The van der Waals surface area contributed by atoms with E-state index in [1.165, 1.54) is 16.0 Å². The molecule has 5 heteroatoms. The van der Waals surface area contributed by atoms with Crippen LogP contribution in [0.1, 0.15) is 23.6 Å². The lowest BCUT2D eigenvalue weighted by Gasteiger charge is -2.11. The van der Waals surface area contributed by atoms with Crippen molar-refractivity contribution in [2.75, 3.05) is 20.7 Å². The molecule has 150 valence electrons. The van der Waals surface area contributed by atoms with Gasteiger partial charge in [-0.3, -0.25) is 4.79 Å². The van der Waals surface area contributed by atoms with Crippen molar-refractivity contribution in [1.29, 1.82) is 0 Å². The van der Waals surface area contributed by atoms with E-state index < -0.39 is 0 Å². The first-order valence-electron chi connectivity index (χ1n) is 9.79. The first-order chi connectivity index (χ1) is 14.5. The molecular weight excluding hydrogens is 374 g/mol. The molecule has 0 aromatic heterocycles. The third kappa shape index (κ3) is 3.87. The molecule has 0 spiro atoms. The molecule has 30 heavy (non-hydrogen) atoms. The molecule has 4 rings (SSSR count). The van der Waals surface area contributed by atoms with Crippen molar-refractivity contribution >= 4 is 17.3 Å². The van der Waals surface area contributed by atoms with E-state index >= 15 is 0 Å². The molecular formula is C25H23N3O2. The van der Waals surface area contributed by atoms with E-state index in [1.54, 1.807) is 14.1 Å². The van der Waals surface area contributed by atoms with Crippen LogP contribution in [0.3, 0.4) is 0 Å². The summed E-state index contributed by atoms with van der Waals surface area (Å²) in [6.45, 7) is 1.95. The molecule has 0 fully saturated rings. The van der Waals surface area contributed by atoms with E-state index in [4.69, 9.17) is 4.74 Å². The Morgan fingerprint density at radius 1 is 0.833 bits per heavy atom. The molecule has 0 bridgehead atoms. The van der Waals surface area contributed by atoms with Crippen LogP contribution in [-0.4, -0.2) is 42.9 Å². The van der Waals surface area contributed by atoms with Crippen molar-refractivity contribution in [2.45, 2.75) is 6.92 Å². The number of ether oxygens (including phenoxy) is 1. The molecule has 0 N–H and O–H groups in total. The fourth-order valence-electron chi connectivity index (χ4n) is 3.35. The number of rotatable bonds is 5. The smallest absolute Gasteiger partial charge is 0.259 e. The summed E-state index contributed by atoms with van der Waals surface area (Å²) in [7, 11) is 3.41. The highest BCUT2D eigenvalue weighted by Gasteiger charge is 2.23. The van der Waals surface area contributed by atoms with E-state index in [2.05, 4.69) is 34.5 Å². The Morgan fingerprint density at radius 2 is 1.37 bits per heavy atom. The minimum atomic E-state index is -0.0789. The third-order valence-corrected chi connectivity index (χ3v) is 5.09. The zero-order chi connectivity index (χ0) is 21.1. The highest BCUT2D eigenvalue weighted by molar-refractivity contribution is 6.24. The van der Waals surface area contributed by atoms with Gasteiger partial charge >= 0.3 is 0 Å². The van der Waals surface area contributed by atoms with Crippen molar-refractivity contribution in [1.82, 2.24) is 4.90 Å². The van der Waals surface area contributed by atoms with Gasteiger partial charge in [0.1, 0.15) is 11.5 Å². The number of carbonyl (C=O) groups excluding carboxylic acids is 1. The standard InChI is InChI=1S/C25H23N3O2/c1-17(18-12-14-19(15-13-18)30-16-24(29)28(2)3)26-27-25-22-10-6-4-8-20(22)21-9-5-7-11-23(21)25/h4-15H,16H2,1-3H3/b26-17-. The van der Waals surface area contributed by atoms with Gasteiger partial charge in [0, 0.05) is 25.2 Å². The molecule has 0 saturated heterocycles. The normalized spacial score (nSPS) is 12.2. The van der Waals surface area contributed by atoms with Gasteiger partial charge in [-0.25, -0.2) is 0 Å². The van der Waals surface area contributed by atoms with Gasteiger partial charge < -0.3 is 9.64 Å². The second kappa shape index (κ2) is 8.33. The molecule has 1 aliphatic carbocycles. The van der Waals surface area contributed by atoms with Crippen LogP contribution in [0.25, 0.3) is 11.1 Å².